The number of hydrogen-bond donors (Lipinski definition) is 3. The van der Waals surface area contributed by atoms with E-state index in [9.17, 15) is 15.3 Å². The molecule has 1 aromatic rings. The minimum atomic E-state index is -1.04. The number of unbranched alkanes of at least 4 members (excludes halogenated alkanes) is 2. The zero-order chi connectivity index (χ0) is 14.1. The van der Waals surface area contributed by atoms with Crippen LogP contribution in [0.15, 0.2) is 30.3 Å². The number of benzene rings is 1. The fraction of sp³-hybridized carbons (Fsp3) is 0.625. The predicted octanol–water partition coefficient (Wildman–Crippen LogP) is 2.28. The van der Waals surface area contributed by atoms with Gasteiger partial charge in [-0.2, -0.15) is 0 Å². The van der Waals surface area contributed by atoms with Crippen LogP contribution in [0.3, 0.4) is 0 Å². The molecule has 0 amide bonds. The predicted molar refractivity (Wildman–Crippen MR) is 76.9 cm³/mol. The molecule has 3 heteroatoms. The molecule has 3 atom stereocenters. The van der Waals surface area contributed by atoms with Crippen molar-refractivity contribution in [3.8, 4) is 0 Å². The van der Waals surface area contributed by atoms with Crippen LogP contribution in [0.4, 0.5) is 0 Å². The molecule has 3 nitrogen and oxygen atoms in total. The highest BCUT2D eigenvalue weighted by molar-refractivity contribution is 5.14. The molecule has 0 radical (unpaired) electrons. The van der Waals surface area contributed by atoms with Gasteiger partial charge >= 0.3 is 0 Å². The Balaban J connectivity index is 2.29. The van der Waals surface area contributed by atoms with E-state index in [0.717, 1.165) is 24.8 Å². The van der Waals surface area contributed by atoms with Crippen molar-refractivity contribution in [2.45, 2.75) is 63.8 Å². The van der Waals surface area contributed by atoms with E-state index in [2.05, 4.69) is 6.92 Å². The van der Waals surface area contributed by atoms with Crippen LogP contribution >= 0.6 is 0 Å². The molecule has 0 saturated carbocycles. The second-order valence-electron chi connectivity index (χ2n) is 5.15. The van der Waals surface area contributed by atoms with Crippen molar-refractivity contribution in [1.82, 2.24) is 0 Å². The van der Waals surface area contributed by atoms with E-state index in [-0.39, 0.29) is 0 Å². The van der Waals surface area contributed by atoms with E-state index < -0.39 is 18.3 Å². The first-order valence-corrected chi connectivity index (χ1v) is 7.23. The maximum atomic E-state index is 9.90. The quantitative estimate of drug-likeness (QED) is 0.601. The third kappa shape index (κ3) is 6.19. The summed E-state index contributed by atoms with van der Waals surface area (Å²) in [5.74, 6) is 0. The van der Waals surface area contributed by atoms with Gasteiger partial charge in [0.05, 0.1) is 12.2 Å². The highest BCUT2D eigenvalue weighted by Gasteiger charge is 2.23. The molecular formula is C16H26O3. The van der Waals surface area contributed by atoms with Gasteiger partial charge < -0.3 is 15.3 Å². The molecule has 0 bridgehead atoms. The van der Waals surface area contributed by atoms with Crippen LogP contribution in [0.1, 0.15) is 44.6 Å². The van der Waals surface area contributed by atoms with Crippen LogP contribution < -0.4 is 0 Å². The molecule has 19 heavy (non-hydrogen) atoms. The third-order valence-corrected chi connectivity index (χ3v) is 3.46. The lowest BCUT2D eigenvalue weighted by molar-refractivity contribution is -0.0644. The molecule has 0 aromatic heterocycles. The van der Waals surface area contributed by atoms with Crippen molar-refractivity contribution in [3.63, 3.8) is 0 Å². The number of aryl methyl sites for hydroxylation is 1. The van der Waals surface area contributed by atoms with Crippen molar-refractivity contribution in [2.24, 2.45) is 0 Å². The van der Waals surface area contributed by atoms with Crippen molar-refractivity contribution < 1.29 is 15.3 Å². The van der Waals surface area contributed by atoms with E-state index in [0.29, 0.717) is 19.3 Å². The van der Waals surface area contributed by atoms with Crippen molar-refractivity contribution in [2.75, 3.05) is 0 Å². The molecule has 0 spiro atoms. The average Bonchev–Trinajstić information content (AvgIpc) is 2.45. The van der Waals surface area contributed by atoms with Gasteiger partial charge in [0.25, 0.3) is 0 Å². The Morgan fingerprint density at radius 1 is 0.895 bits per heavy atom. The van der Waals surface area contributed by atoms with Gasteiger partial charge in [-0.25, -0.2) is 0 Å². The fourth-order valence-electron chi connectivity index (χ4n) is 2.16. The Bertz CT molecular complexity index is 326. The van der Waals surface area contributed by atoms with Crippen LogP contribution in [0, 0.1) is 0 Å². The molecule has 0 aliphatic rings. The van der Waals surface area contributed by atoms with Gasteiger partial charge in [-0.1, -0.05) is 56.5 Å². The third-order valence-electron chi connectivity index (χ3n) is 3.46. The van der Waals surface area contributed by atoms with Gasteiger partial charge in [-0.3, -0.25) is 0 Å². The van der Waals surface area contributed by atoms with Gasteiger partial charge in [0.2, 0.25) is 0 Å². The second-order valence-corrected chi connectivity index (χ2v) is 5.15. The highest BCUT2D eigenvalue weighted by atomic mass is 16.4. The Hall–Kier alpha value is -0.900. The summed E-state index contributed by atoms with van der Waals surface area (Å²) in [6.45, 7) is 2.09. The number of hydrogen-bond acceptors (Lipinski definition) is 3. The van der Waals surface area contributed by atoms with Gasteiger partial charge in [0.15, 0.2) is 0 Å². The van der Waals surface area contributed by atoms with Crippen LogP contribution in [0.5, 0.6) is 0 Å². The summed E-state index contributed by atoms with van der Waals surface area (Å²) < 4.78 is 0. The van der Waals surface area contributed by atoms with Gasteiger partial charge in [0.1, 0.15) is 6.10 Å². The lowest BCUT2D eigenvalue weighted by Crippen LogP contribution is -2.37. The first kappa shape index (κ1) is 16.2. The maximum absolute atomic E-state index is 9.90. The first-order chi connectivity index (χ1) is 9.15. The second kappa shape index (κ2) is 9.08. The fourth-order valence-corrected chi connectivity index (χ4v) is 2.16. The summed E-state index contributed by atoms with van der Waals surface area (Å²) in [5, 5.41) is 29.6. The molecule has 0 saturated heterocycles. The molecule has 1 aromatic carbocycles. The zero-order valence-electron chi connectivity index (χ0n) is 11.7. The normalized spacial score (nSPS) is 16.0. The highest BCUT2D eigenvalue weighted by Crippen LogP contribution is 2.13. The molecular weight excluding hydrogens is 240 g/mol. The zero-order valence-corrected chi connectivity index (χ0v) is 11.7. The summed E-state index contributed by atoms with van der Waals surface area (Å²) in [7, 11) is 0. The molecule has 3 N–H and O–H groups in total. The van der Waals surface area contributed by atoms with Crippen molar-refractivity contribution in [1.29, 1.82) is 0 Å². The summed E-state index contributed by atoms with van der Waals surface area (Å²) >= 11 is 0. The first-order valence-electron chi connectivity index (χ1n) is 7.23. The molecule has 1 rings (SSSR count). The van der Waals surface area contributed by atoms with Gasteiger partial charge in [-0.15, -0.1) is 0 Å². The van der Waals surface area contributed by atoms with Gasteiger partial charge in [-0.05, 0) is 24.8 Å². The minimum Gasteiger partial charge on any atom is -0.390 e. The summed E-state index contributed by atoms with van der Waals surface area (Å²) in [5.41, 5.74) is 1.13. The van der Waals surface area contributed by atoms with Crippen LogP contribution in [-0.4, -0.2) is 33.6 Å². The molecule has 0 aliphatic heterocycles. The monoisotopic (exact) mass is 266 g/mol. The SMILES string of the molecule is CCCCCC(O)C(O)C(O)CCc1ccccc1. The summed E-state index contributed by atoms with van der Waals surface area (Å²) in [6, 6.07) is 9.86. The molecule has 3 unspecified atom stereocenters. The number of aliphatic hydroxyl groups excluding tert-OH is 3. The van der Waals surface area contributed by atoms with E-state index >= 15 is 0 Å². The Morgan fingerprint density at radius 3 is 2.16 bits per heavy atom. The topological polar surface area (TPSA) is 60.7 Å². The smallest absolute Gasteiger partial charge is 0.106 e. The lowest BCUT2D eigenvalue weighted by Gasteiger charge is -2.23. The van der Waals surface area contributed by atoms with Gasteiger partial charge in [0, 0.05) is 0 Å². The maximum Gasteiger partial charge on any atom is 0.106 e. The molecule has 108 valence electrons. The number of rotatable bonds is 9. The van der Waals surface area contributed by atoms with Crippen molar-refractivity contribution >= 4 is 0 Å². The van der Waals surface area contributed by atoms with Crippen LogP contribution in [0.2, 0.25) is 0 Å². The average molecular weight is 266 g/mol. The summed E-state index contributed by atoms with van der Waals surface area (Å²) in [4.78, 5) is 0. The van der Waals surface area contributed by atoms with E-state index in [1.807, 2.05) is 30.3 Å². The van der Waals surface area contributed by atoms with E-state index in [1.165, 1.54) is 0 Å². The Labute approximate surface area is 115 Å². The Kier molecular flexibility index (Phi) is 7.72. The lowest BCUT2D eigenvalue weighted by atomic mass is 9.97. The van der Waals surface area contributed by atoms with Crippen molar-refractivity contribution in [3.05, 3.63) is 35.9 Å². The molecule has 0 heterocycles. The number of aliphatic hydroxyl groups is 3. The van der Waals surface area contributed by atoms with Crippen LogP contribution in [0.25, 0.3) is 0 Å². The van der Waals surface area contributed by atoms with E-state index in [1.54, 1.807) is 0 Å². The summed E-state index contributed by atoms with van der Waals surface area (Å²) in [6.07, 6.45) is 2.02. The molecule has 0 fully saturated rings. The molecule has 0 aliphatic carbocycles. The van der Waals surface area contributed by atoms with E-state index in [4.69, 9.17) is 0 Å². The van der Waals surface area contributed by atoms with Crippen LogP contribution in [-0.2, 0) is 6.42 Å². The largest absolute Gasteiger partial charge is 0.390 e. The minimum absolute atomic E-state index is 0.468. The Morgan fingerprint density at radius 2 is 1.53 bits per heavy atom. The standard InChI is InChI=1S/C16H26O3/c1-2-3-5-10-14(17)16(19)15(18)12-11-13-8-6-4-7-9-13/h4,6-9,14-19H,2-3,5,10-12H2,1H3.